The van der Waals surface area contributed by atoms with Crippen LogP contribution in [0.15, 0.2) is 30.3 Å². The van der Waals surface area contributed by atoms with E-state index < -0.39 is 5.41 Å². The van der Waals surface area contributed by atoms with Crippen molar-refractivity contribution in [2.24, 2.45) is 5.41 Å². The second kappa shape index (κ2) is 7.08. The van der Waals surface area contributed by atoms with Gasteiger partial charge in [0.15, 0.2) is 0 Å². The third-order valence-electron chi connectivity index (χ3n) is 3.03. The minimum absolute atomic E-state index is 0.0524. The van der Waals surface area contributed by atoms with Crippen LogP contribution >= 0.6 is 0 Å². The molecule has 0 atom stereocenters. The summed E-state index contributed by atoms with van der Waals surface area (Å²) in [7, 11) is 0. The lowest BCUT2D eigenvalue weighted by Crippen LogP contribution is -2.43. The first-order chi connectivity index (χ1) is 9.34. The van der Waals surface area contributed by atoms with Crippen LogP contribution in [0.5, 0.6) is 0 Å². The van der Waals surface area contributed by atoms with Crippen molar-refractivity contribution in [3.8, 4) is 0 Å². The van der Waals surface area contributed by atoms with E-state index in [1.807, 2.05) is 58.0 Å². The lowest BCUT2D eigenvalue weighted by molar-refractivity contribution is -0.135. The van der Waals surface area contributed by atoms with Crippen LogP contribution in [0.2, 0.25) is 0 Å². The molecule has 0 saturated heterocycles. The van der Waals surface area contributed by atoms with Crippen LogP contribution in [-0.2, 0) is 16.1 Å². The van der Waals surface area contributed by atoms with Gasteiger partial charge in [0.1, 0.15) is 0 Å². The van der Waals surface area contributed by atoms with Crippen molar-refractivity contribution >= 4 is 11.8 Å². The zero-order valence-electron chi connectivity index (χ0n) is 12.8. The van der Waals surface area contributed by atoms with Crippen LogP contribution < -0.4 is 5.32 Å². The van der Waals surface area contributed by atoms with Gasteiger partial charge < -0.3 is 10.2 Å². The second-order valence-electron chi connectivity index (χ2n) is 5.83. The number of rotatable bonds is 5. The average Bonchev–Trinajstić information content (AvgIpc) is 2.41. The summed E-state index contributed by atoms with van der Waals surface area (Å²) in [5.41, 5.74) is 0.612. The SMILES string of the molecule is CCN(Cc1ccccc1)C(=O)CNC(=O)C(C)(C)C. The minimum Gasteiger partial charge on any atom is -0.347 e. The number of nitrogens with zero attached hydrogens (tertiary/aromatic N) is 1. The molecule has 4 heteroatoms. The summed E-state index contributed by atoms with van der Waals surface area (Å²) in [6.07, 6.45) is 0. The van der Waals surface area contributed by atoms with Gasteiger partial charge in [0.25, 0.3) is 0 Å². The first kappa shape index (κ1) is 16.2. The van der Waals surface area contributed by atoms with Gasteiger partial charge in [0.05, 0.1) is 6.54 Å². The monoisotopic (exact) mass is 276 g/mol. The number of carbonyl (C=O) groups is 2. The second-order valence-corrected chi connectivity index (χ2v) is 5.83. The van der Waals surface area contributed by atoms with Gasteiger partial charge in [-0.05, 0) is 12.5 Å². The van der Waals surface area contributed by atoms with E-state index in [1.165, 1.54) is 0 Å². The van der Waals surface area contributed by atoms with Crippen molar-refractivity contribution in [3.05, 3.63) is 35.9 Å². The molecule has 0 aliphatic carbocycles. The van der Waals surface area contributed by atoms with Gasteiger partial charge in [-0.2, -0.15) is 0 Å². The summed E-state index contributed by atoms with van der Waals surface area (Å²) >= 11 is 0. The Bertz CT molecular complexity index is 449. The lowest BCUT2D eigenvalue weighted by atomic mass is 9.96. The Kier molecular flexibility index (Phi) is 5.74. The summed E-state index contributed by atoms with van der Waals surface area (Å²) < 4.78 is 0. The van der Waals surface area contributed by atoms with E-state index in [9.17, 15) is 9.59 Å². The number of likely N-dealkylation sites (N-methyl/N-ethyl adjacent to an activating group) is 1. The van der Waals surface area contributed by atoms with Crippen molar-refractivity contribution in [1.82, 2.24) is 10.2 Å². The third-order valence-corrected chi connectivity index (χ3v) is 3.03. The standard InChI is InChI=1S/C16H24N2O2/c1-5-18(12-13-9-7-6-8-10-13)14(19)11-17-15(20)16(2,3)4/h6-10H,5,11-12H2,1-4H3,(H,17,20). The topological polar surface area (TPSA) is 49.4 Å². The highest BCUT2D eigenvalue weighted by Gasteiger charge is 2.22. The van der Waals surface area contributed by atoms with E-state index >= 15 is 0 Å². The summed E-state index contributed by atoms with van der Waals surface area (Å²) in [5.74, 6) is -0.171. The van der Waals surface area contributed by atoms with Crippen LogP contribution in [0, 0.1) is 5.41 Å². The van der Waals surface area contributed by atoms with Crippen molar-refractivity contribution in [1.29, 1.82) is 0 Å². The van der Waals surface area contributed by atoms with Gasteiger partial charge in [-0.25, -0.2) is 0 Å². The van der Waals surface area contributed by atoms with Gasteiger partial charge >= 0.3 is 0 Å². The summed E-state index contributed by atoms with van der Waals surface area (Å²) in [4.78, 5) is 25.6. The summed E-state index contributed by atoms with van der Waals surface area (Å²) in [5, 5.41) is 2.69. The highest BCUT2D eigenvalue weighted by molar-refractivity contribution is 5.87. The minimum atomic E-state index is -0.475. The summed E-state index contributed by atoms with van der Waals surface area (Å²) in [6, 6.07) is 9.84. The van der Waals surface area contributed by atoms with Gasteiger partial charge in [-0.3, -0.25) is 9.59 Å². The Hall–Kier alpha value is -1.84. The maximum atomic E-state index is 12.1. The highest BCUT2D eigenvalue weighted by atomic mass is 16.2. The fourth-order valence-corrected chi connectivity index (χ4v) is 1.71. The van der Waals surface area contributed by atoms with Crippen LogP contribution in [-0.4, -0.2) is 29.8 Å². The first-order valence-electron chi connectivity index (χ1n) is 6.94. The van der Waals surface area contributed by atoms with Gasteiger partial charge in [-0.15, -0.1) is 0 Å². The Morgan fingerprint density at radius 1 is 1.15 bits per heavy atom. The molecule has 4 nitrogen and oxygen atoms in total. The Morgan fingerprint density at radius 2 is 1.75 bits per heavy atom. The number of carbonyl (C=O) groups excluding carboxylic acids is 2. The zero-order valence-corrected chi connectivity index (χ0v) is 12.8. The van der Waals surface area contributed by atoms with Gasteiger partial charge in [0, 0.05) is 18.5 Å². The Morgan fingerprint density at radius 3 is 2.25 bits per heavy atom. The van der Waals surface area contributed by atoms with E-state index in [-0.39, 0.29) is 18.4 Å². The smallest absolute Gasteiger partial charge is 0.242 e. The molecule has 1 N–H and O–H groups in total. The van der Waals surface area contributed by atoms with Crippen molar-refractivity contribution < 1.29 is 9.59 Å². The maximum Gasteiger partial charge on any atom is 0.242 e. The van der Waals surface area contributed by atoms with E-state index in [4.69, 9.17) is 0 Å². The molecule has 20 heavy (non-hydrogen) atoms. The van der Waals surface area contributed by atoms with E-state index in [0.29, 0.717) is 13.1 Å². The molecule has 0 unspecified atom stereocenters. The highest BCUT2D eigenvalue weighted by Crippen LogP contribution is 2.12. The van der Waals surface area contributed by atoms with E-state index in [2.05, 4.69) is 5.32 Å². The summed E-state index contributed by atoms with van der Waals surface area (Å²) in [6.45, 7) is 8.67. The third kappa shape index (κ3) is 5.03. The molecule has 0 fully saturated rings. The molecule has 1 aromatic carbocycles. The fraction of sp³-hybridized carbons (Fsp3) is 0.500. The van der Waals surface area contributed by atoms with Crippen molar-refractivity contribution in [3.63, 3.8) is 0 Å². The fourth-order valence-electron chi connectivity index (χ4n) is 1.71. The molecular formula is C16H24N2O2. The molecule has 0 spiro atoms. The number of nitrogens with one attached hydrogen (secondary N) is 1. The number of amides is 2. The molecule has 0 bridgehead atoms. The van der Waals surface area contributed by atoms with E-state index in [1.54, 1.807) is 4.90 Å². The van der Waals surface area contributed by atoms with Gasteiger partial charge in [-0.1, -0.05) is 51.1 Å². The molecule has 1 aromatic rings. The molecule has 0 heterocycles. The molecule has 0 aromatic heterocycles. The van der Waals surface area contributed by atoms with Crippen molar-refractivity contribution in [2.75, 3.05) is 13.1 Å². The largest absolute Gasteiger partial charge is 0.347 e. The number of hydrogen-bond donors (Lipinski definition) is 1. The zero-order chi connectivity index (χ0) is 15.2. The quantitative estimate of drug-likeness (QED) is 0.896. The molecule has 0 aliphatic rings. The lowest BCUT2D eigenvalue weighted by Gasteiger charge is -2.23. The Labute approximate surface area is 121 Å². The molecule has 0 aliphatic heterocycles. The van der Waals surface area contributed by atoms with Crippen LogP contribution in [0.3, 0.4) is 0 Å². The molecule has 110 valence electrons. The molecule has 1 rings (SSSR count). The predicted octanol–water partition coefficient (Wildman–Crippen LogP) is 2.20. The van der Waals surface area contributed by atoms with Gasteiger partial charge in [0.2, 0.25) is 11.8 Å². The van der Waals surface area contributed by atoms with Crippen LogP contribution in [0.4, 0.5) is 0 Å². The normalized spacial score (nSPS) is 11.0. The molecular weight excluding hydrogens is 252 g/mol. The maximum absolute atomic E-state index is 12.1. The molecule has 2 amide bonds. The predicted molar refractivity (Wildman–Crippen MR) is 80.0 cm³/mol. The van der Waals surface area contributed by atoms with Crippen molar-refractivity contribution in [2.45, 2.75) is 34.2 Å². The number of benzene rings is 1. The van der Waals surface area contributed by atoms with Crippen LogP contribution in [0.1, 0.15) is 33.3 Å². The molecule has 0 saturated carbocycles. The number of hydrogen-bond acceptors (Lipinski definition) is 2. The van der Waals surface area contributed by atoms with Crippen LogP contribution in [0.25, 0.3) is 0 Å². The first-order valence-corrected chi connectivity index (χ1v) is 6.94. The molecule has 0 radical (unpaired) electrons. The average molecular weight is 276 g/mol. The Balaban J connectivity index is 2.54. The van der Waals surface area contributed by atoms with E-state index in [0.717, 1.165) is 5.56 Å².